The zero-order valence-electron chi connectivity index (χ0n) is 16.8. The largest absolute Gasteiger partial charge is 0.384 e. The molecule has 0 saturated carbocycles. The molecule has 29 heavy (non-hydrogen) atoms. The number of piperazine rings is 1. The van der Waals surface area contributed by atoms with Gasteiger partial charge in [0.2, 0.25) is 0 Å². The highest BCUT2D eigenvalue weighted by Crippen LogP contribution is 2.26. The van der Waals surface area contributed by atoms with Crippen molar-refractivity contribution in [2.45, 2.75) is 25.3 Å². The van der Waals surface area contributed by atoms with Crippen molar-refractivity contribution in [3.63, 3.8) is 0 Å². The summed E-state index contributed by atoms with van der Waals surface area (Å²) in [5.41, 5.74) is 7.33. The predicted octanol–water partition coefficient (Wildman–Crippen LogP) is 1.34. The van der Waals surface area contributed by atoms with E-state index < -0.39 is 0 Å². The second-order valence-electron chi connectivity index (χ2n) is 7.95. The number of benzene rings is 1. The summed E-state index contributed by atoms with van der Waals surface area (Å²) in [5, 5.41) is 0. The van der Waals surface area contributed by atoms with E-state index in [1.54, 1.807) is 6.07 Å². The van der Waals surface area contributed by atoms with Crippen LogP contribution >= 0.6 is 0 Å². The summed E-state index contributed by atoms with van der Waals surface area (Å²) < 4.78 is 14.0. The average Bonchev–Trinajstić information content (AvgIpc) is 2.75. The smallest absolute Gasteiger partial charge is 0.126 e. The van der Waals surface area contributed by atoms with Crippen LogP contribution in [0.1, 0.15) is 30.9 Å². The molecule has 2 radical (unpaired) electrons. The van der Waals surface area contributed by atoms with Gasteiger partial charge in [-0.2, -0.15) is 0 Å². The molecule has 3 heterocycles. The molecular formula is C21H28BFN6. The Morgan fingerprint density at radius 1 is 1.03 bits per heavy atom. The van der Waals surface area contributed by atoms with E-state index in [2.05, 4.69) is 24.7 Å². The maximum absolute atomic E-state index is 14.0. The van der Waals surface area contributed by atoms with E-state index in [-0.39, 0.29) is 11.9 Å². The predicted molar refractivity (Wildman–Crippen MR) is 115 cm³/mol. The van der Waals surface area contributed by atoms with E-state index in [0.29, 0.717) is 17.1 Å². The zero-order valence-corrected chi connectivity index (χ0v) is 16.8. The van der Waals surface area contributed by atoms with Crippen molar-refractivity contribution in [1.82, 2.24) is 19.8 Å². The third kappa shape index (κ3) is 4.70. The Labute approximate surface area is 173 Å². The molecule has 2 aromatic rings. The monoisotopic (exact) mass is 394 g/mol. The number of likely N-dealkylation sites (tertiary alicyclic amines) is 1. The van der Waals surface area contributed by atoms with Crippen LogP contribution in [0.15, 0.2) is 30.6 Å². The molecule has 0 bridgehead atoms. The number of piperidine rings is 1. The molecule has 2 aliphatic heterocycles. The van der Waals surface area contributed by atoms with Crippen molar-refractivity contribution in [3.8, 4) is 0 Å². The van der Waals surface area contributed by atoms with Crippen LogP contribution in [0.3, 0.4) is 0 Å². The van der Waals surface area contributed by atoms with Crippen LogP contribution in [0.25, 0.3) is 0 Å². The molecule has 6 nitrogen and oxygen atoms in total. The lowest BCUT2D eigenvalue weighted by Crippen LogP contribution is -2.51. The van der Waals surface area contributed by atoms with Crippen molar-refractivity contribution in [3.05, 3.63) is 42.0 Å². The van der Waals surface area contributed by atoms with Crippen LogP contribution in [0.4, 0.5) is 16.0 Å². The Kier molecular flexibility index (Phi) is 6.30. The van der Waals surface area contributed by atoms with Gasteiger partial charge in [0.15, 0.2) is 0 Å². The van der Waals surface area contributed by atoms with E-state index >= 15 is 0 Å². The normalized spacial score (nSPS) is 20.0. The highest BCUT2D eigenvalue weighted by atomic mass is 19.1. The third-order valence-corrected chi connectivity index (χ3v) is 6.06. The lowest BCUT2D eigenvalue weighted by molar-refractivity contribution is 0.119. The van der Waals surface area contributed by atoms with Gasteiger partial charge < -0.3 is 15.5 Å². The van der Waals surface area contributed by atoms with Crippen molar-refractivity contribution >= 4 is 24.9 Å². The van der Waals surface area contributed by atoms with Crippen molar-refractivity contribution in [2.75, 3.05) is 56.4 Å². The van der Waals surface area contributed by atoms with E-state index in [4.69, 9.17) is 13.6 Å². The minimum absolute atomic E-state index is 0.172. The van der Waals surface area contributed by atoms with E-state index in [9.17, 15) is 4.39 Å². The first kappa shape index (κ1) is 20.1. The first-order valence-electron chi connectivity index (χ1n) is 10.4. The summed E-state index contributed by atoms with van der Waals surface area (Å²) in [6.45, 7) is 6.51. The van der Waals surface area contributed by atoms with Crippen molar-refractivity contribution < 1.29 is 4.39 Å². The van der Waals surface area contributed by atoms with Gasteiger partial charge in [-0.25, -0.2) is 14.4 Å². The van der Waals surface area contributed by atoms with Crippen LogP contribution < -0.4 is 16.1 Å². The first-order valence-corrected chi connectivity index (χ1v) is 10.4. The number of halogens is 1. The maximum atomic E-state index is 14.0. The fourth-order valence-corrected chi connectivity index (χ4v) is 4.43. The fraction of sp³-hybridized carbons (Fsp3) is 0.524. The quantitative estimate of drug-likeness (QED) is 0.773. The number of hydrogen-bond donors (Lipinski definition) is 1. The number of nitrogens with zero attached hydrogens (tertiary/aromatic N) is 5. The number of nitrogens with two attached hydrogens (primary N) is 1. The molecule has 2 N–H and O–H groups in total. The SMILES string of the molecule is [B]c1c(N)ncnc1N1CCN(C(CN2CCCCC2)c2cccc(F)c2)CC1. The van der Waals surface area contributed by atoms with E-state index in [1.165, 1.54) is 31.7 Å². The van der Waals surface area contributed by atoms with Gasteiger partial charge in [-0.3, -0.25) is 4.90 Å². The molecular weight excluding hydrogens is 366 g/mol. The summed E-state index contributed by atoms with van der Waals surface area (Å²) in [6.07, 6.45) is 5.26. The fourth-order valence-electron chi connectivity index (χ4n) is 4.43. The molecule has 1 unspecified atom stereocenters. The minimum Gasteiger partial charge on any atom is -0.384 e. The molecule has 2 fully saturated rings. The Balaban J connectivity index is 1.49. The van der Waals surface area contributed by atoms with Gasteiger partial charge in [-0.05, 0) is 49.1 Å². The van der Waals surface area contributed by atoms with Gasteiger partial charge in [0, 0.05) is 38.8 Å². The average molecular weight is 394 g/mol. The Morgan fingerprint density at radius 2 is 1.79 bits per heavy atom. The molecule has 1 aromatic heterocycles. The summed E-state index contributed by atoms with van der Waals surface area (Å²) in [5.74, 6) is 0.852. The number of rotatable bonds is 5. The molecule has 0 amide bonds. The lowest BCUT2D eigenvalue weighted by Gasteiger charge is -2.42. The number of aromatic nitrogens is 2. The summed E-state index contributed by atoms with van der Waals surface area (Å²) in [4.78, 5) is 15.4. The minimum atomic E-state index is -0.172. The Bertz CT molecular complexity index is 821. The highest BCUT2D eigenvalue weighted by molar-refractivity contribution is 6.38. The number of nitrogen functional groups attached to an aromatic ring is 1. The van der Waals surface area contributed by atoms with Gasteiger partial charge in [0.1, 0.15) is 31.6 Å². The lowest BCUT2D eigenvalue weighted by atomic mass is 9.96. The van der Waals surface area contributed by atoms with Gasteiger partial charge in [-0.1, -0.05) is 18.6 Å². The molecule has 0 spiro atoms. The molecule has 1 atom stereocenters. The van der Waals surface area contributed by atoms with Gasteiger partial charge in [-0.15, -0.1) is 0 Å². The van der Waals surface area contributed by atoms with Crippen LogP contribution in [0.5, 0.6) is 0 Å². The summed E-state index contributed by atoms with van der Waals surface area (Å²) in [7, 11) is 6.09. The Morgan fingerprint density at radius 3 is 2.52 bits per heavy atom. The van der Waals surface area contributed by atoms with Crippen LogP contribution in [-0.2, 0) is 0 Å². The molecule has 1 aromatic carbocycles. The van der Waals surface area contributed by atoms with E-state index in [1.807, 2.05) is 12.1 Å². The van der Waals surface area contributed by atoms with Gasteiger partial charge in [0.05, 0.1) is 0 Å². The van der Waals surface area contributed by atoms with Gasteiger partial charge >= 0.3 is 0 Å². The molecule has 2 aliphatic rings. The van der Waals surface area contributed by atoms with Crippen LogP contribution in [0.2, 0.25) is 0 Å². The number of hydrogen-bond acceptors (Lipinski definition) is 6. The zero-order chi connectivity index (χ0) is 20.2. The molecule has 152 valence electrons. The standard InChI is InChI=1S/C21H28BFN6/c22-19-20(24)25-15-26-21(19)29-11-9-28(10-12-29)18(14-27-7-2-1-3-8-27)16-5-4-6-17(23)13-16/h4-6,13,15,18H,1-3,7-12,14H2,(H2,24,25,26). The van der Waals surface area contributed by atoms with Crippen LogP contribution in [-0.4, -0.2) is 73.4 Å². The van der Waals surface area contributed by atoms with Gasteiger partial charge in [0.25, 0.3) is 0 Å². The van der Waals surface area contributed by atoms with Crippen LogP contribution in [0, 0.1) is 5.82 Å². The topological polar surface area (TPSA) is 61.5 Å². The molecule has 8 heteroatoms. The molecule has 0 aliphatic carbocycles. The van der Waals surface area contributed by atoms with Crippen molar-refractivity contribution in [1.29, 1.82) is 0 Å². The Hall–Kier alpha value is -2.19. The maximum Gasteiger partial charge on any atom is 0.126 e. The first-order chi connectivity index (χ1) is 14.1. The third-order valence-electron chi connectivity index (χ3n) is 6.06. The van der Waals surface area contributed by atoms with Crippen molar-refractivity contribution in [2.24, 2.45) is 0 Å². The summed E-state index contributed by atoms with van der Waals surface area (Å²) in [6, 6.07) is 7.24. The number of anilines is 2. The van der Waals surface area contributed by atoms with E-state index in [0.717, 1.165) is 51.4 Å². The highest BCUT2D eigenvalue weighted by Gasteiger charge is 2.28. The second kappa shape index (κ2) is 9.09. The summed E-state index contributed by atoms with van der Waals surface area (Å²) >= 11 is 0. The molecule has 4 rings (SSSR count). The molecule has 2 saturated heterocycles. The second-order valence-corrected chi connectivity index (χ2v) is 7.95.